The average molecular weight is 237 g/mol. The number of nitrogens with two attached hydrogens (primary N) is 1. The van der Waals surface area contributed by atoms with Crippen LogP contribution in [-0.2, 0) is 0 Å². The zero-order valence-electron chi connectivity index (χ0n) is 9.42. The molecule has 0 aromatic heterocycles. The van der Waals surface area contributed by atoms with Gasteiger partial charge in [0.25, 0.3) is 0 Å². The van der Waals surface area contributed by atoms with E-state index in [0.717, 1.165) is 38.5 Å². The summed E-state index contributed by atoms with van der Waals surface area (Å²) in [4.78, 5) is 2.21. The van der Waals surface area contributed by atoms with Crippen LogP contribution in [0.25, 0.3) is 0 Å². The van der Waals surface area contributed by atoms with Crippen LogP contribution in [0.5, 0.6) is 0 Å². The van der Waals surface area contributed by atoms with Crippen LogP contribution < -0.4 is 5.73 Å². The molecule has 15 heavy (non-hydrogen) atoms. The molecule has 0 amide bonds. The van der Waals surface area contributed by atoms with Gasteiger partial charge in [0.05, 0.1) is 0 Å². The standard InChI is InChI=1S/C11H21FN2.ClH/c1-14(8-11(12)6-7-11)10-4-2-9(13)3-5-10;/h9-10H,2-8,13H2,1H3;1H. The molecule has 2 fully saturated rings. The minimum atomic E-state index is -0.839. The highest BCUT2D eigenvalue weighted by molar-refractivity contribution is 5.85. The van der Waals surface area contributed by atoms with E-state index in [1.807, 2.05) is 0 Å². The normalized spacial score (nSPS) is 33.6. The van der Waals surface area contributed by atoms with Crippen molar-refractivity contribution in [2.24, 2.45) is 5.73 Å². The molecule has 0 spiro atoms. The summed E-state index contributed by atoms with van der Waals surface area (Å²) in [6, 6.07) is 0.961. The van der Waals surface area contributed by atoms with Crippen molar-refractivity contribution >= 4 is 12.4 Å². The Morgan fingerprint density at radius 2 is 1.80 bits per heavy atom. The fourth-order valence-electron chi connectivity index (χ4n) is 2.41. The van der Waals surface area contributed by atoms with E-state index in [4.69, 9.17) is 5.73 Å². The van der Waals surface area contributed by atoms with E-state index in [2.05, 4.69) is 11.9 Å². The second-order valence-electron chi connectivity index (χ2n) is 5.13. The lowest BCUT2D eigenvalue weighted by atomic mass is 9.91. The van der Waals surface area contributed by atoms with E-state index in [-0.39, 0.29) is 12.4 Å². The first-order chi connectivity index (χ1) is 6.59. The van der Waals surface area contributed by atoms with Crippen LogP contribution >= 0.6 is 12.4 Å². The van der Waals surface area contributed by atoms with Gasteiger partial charge in [-0.3, -0.25) is 0 Å². The number of hydrogen-bond acceptors (Lipinski definition) is 2. The molecule has 90 valence electrons. The van der Waals surface area contributed by atoms with Gasteiger partial charge in [-0.25, -0.2) is 4.39 Å². The first kappa shape index (κ1) is 13.2. The first-order valence-corrected chi connectivity index (χ1v) is 5.74. The van der Waals surface area contributed by atoms with E-state index in [1.165, 1.54) is 0 Å². The van der Waals surface area contributed by atoms with E-state index in [0.29, 0.717) is 18.6 Å². The summed E-state index contributed by atoms with van der Waals surface area (Å²) < 4.78 is 13.5. The zero-order valence-corrected chi connectivity index (χ0v) is 10.2. The monoisotopic (exact) mass is 236 g/mol. The molecular formula is C11H22ClFN2. The van der Waals surface area contributed by atoms with Gasteiger partial charge in [0.1, 0.15) is 5.67 Å². The number of nitrogens with zero attached hydrogens (tertiary/aromatic N) is 1. The highest BCUT2D eigenvalue weighted by atomic mass is 35.5. The zero-order chi connectivity index (χ0) is 10.2. The maximum absolute atomic E-state index is 13.5. The summed E-state index contributed by atoms with van der Waals surface area (Å²) in [7, 11) is 2.06. The molecule has 4 heteroatoms. The van der Waals surface area contributed by atoms with Crippen LogP contribution in [0.3, 0.4) is 0 Å². The molecule has 0 aromatic carbocycles. The van der Waals surface area contributed by atoms with Gasteiger partial charge in [-0.15, -0.1) is 12.4 Å². The Morgan fingerprint density at radius 1 is 1.27 bits per heavy atom. The van der Waals surface area contributed by atoms with Crippen molar-refractivity contribution in [2.45, 2.75) is 56.3 Å². The van der Waals surface area contributed by atoms with Crippen LogP contribution in [0, 0.1) is 0 Å². The van der Waals surface area contributed by atoms with Crippen molar-refractivity contribution in [3.05, 3.63) is 0 Å². The van der Waals surface area contributed by atoms with Crippen LogP contribution in [0.15, 0.2) is 0 Å². The van der Waals surface area contributed by atoms with Gasteiger partial charge in [0.2, 0.25) is 0 Å². The second kappa shape index (κ2) is 4.98. The van der Waals surface area contributed by atoms with Crippen LogP contribution in [0.2, 0.25) is 0 Å². The lowest BCUT2D eigenvalue weighted by Crippen LogP contribution is -2.41. The van der Waals surface area contributed by atoms with Gasteiger partial charge >= 0.3 is 0 Å². The highest BCUT2D eigenvalue weighted by Gasteiger charge is 2.44. The number of rotatable bonds is 3. The Bertz CT molecular complexity index is 201. The summed E-state index contributed by atoms with van der Waals surface area (Å²) >= 11 is 0. The number of alkyl halides is 1. The van der Waals surface area contributed by atoms with E-state index >= 15 is 0 Å². The van der Waals surface area contributed by atoms with Crippen molar-refractivity contribution in [1.82, 2.24) is 4.90 Å². The van der Waals surface area contributed by atoms with Crippen molar-refractivity contribution in [3.63, 3.8) is 0 Å². The highest BCUT2D eigenvalue weighted by Crippen LogP contribution is 2.41. The molecule has 0 aliphatic heterocycles. The SMILES string of the molecule is CN(CC1(F)CC1)C1CCC(N)CC1.Cl. The minimum absolute atomic E-state index is 0. The largest absolute Gasteiger partial charge is 0.328 e. The van der Waals surface area contributed by atoms with E-state index < -0.39 is 5.67 Å². The Hall–Kier alpha value is 0.140. The van der Waals surface area contributed by atoms with Crippen LogP contribution in [0.4, 0.5) is 4.39 Å². The maximum Gasteiger partial charge on any atom is 0.123 e. The molecule has 0 aromatic rings. The summed E-state index contributed by atoms with van der Waals surface area (Å²) in [5.74, 6) is 0. The molecule has 0 saturated heterocycles. The molecule has 2 rings (SSSR count). The Morgan fingerprint density at radius 3 is 2.27 bits per heavy atom. The van der Waals surface area contributed by atoms with E-state index in [9.17, 15) is 4.39 Å². The predicted octanol–water partition coefficient (Wildman–Crippen LogP) is 2.11. The van der Waals surface area contributed by atoms with Crippen molar-refractivity contribution in [1.29, 1.82) is 0 Å². The van der Waals surface area contributed by atoms with Gasteiger partial charge in [-0.2, -0.15) is 0 Å². The minimum Gasteiger partial charge on any atom is -0.328 e. The van der Waals surface area contributed by atoms with Gasteiger partial charge in [0, 0.05) is 18.6 Å². The molecular weight excluding hydrogens is 215 g/mol. The van der Waals surface area contributed by atoms with Gasteiger partial charge in [-0.1, -0.05) is 0 Å². The van der Waals surface area contributed by atoms with E-state index in [1.54, 1.807) is 0 Å². The van der Waals surface area contributed by atoms with Gasteiger partial charge in [0.15, 0.2) is 0 Å². The summed E-state index contributed by atoms with van der Waals surface area (Å²) in [5.41, 5.74) is 5.01. The summed E-state index contributed by atoms with van der Waals surface area (Å²) in [6.45, 7) is 0.632. The quantitative estimate of drug-likeness (QED) is 0.814. The van der Waals surface area contributed by atoms with Crippen LogP contribution in [0.1, 0.15) is 38.5 Å². The van der Waals surface area contributed by atoms with Crippen molar-refractivity contribution in [2.75, 3.05) is 13.6 Å². The molecule has 2 aliphatic rings. The second-order valence-corrected chi connectivity index (χ2v) is 5.13. The molecule has 2 saturated carbocycles. The average Bonchev–Trinajstić information content (AvgIpc) is 2.84. The number of halogens is 2. The molecule has 2 N–H and O–H groups in total. The van der Waals surface area contributed by atoms with Gasteiger partial charge < -0.3 is 10.6 Å². The lowest BCUT2D eigenvalue weighted by molar-refractivity contribution is 0.130. The molecule has 0 bridgehead atoms. The smallest absolute Gasteiger partial charge is 0.123 e. The fraction of sp³-hybridized carbons (Fsp3) is 1.00. The third-order valence-corrected chi connectivity index (χ3v) is 3.69. The molecule has 2 aliphatic carbocycles. The number of hydrogen-bond donors (Lipinski definition) is 1. The molecule has 2 nitrogen and oxygen atoms in total. The van der Waals surface area contributed by atoms with Crippen molar-refractivity contribution < 1.29 is 4.39 Å². The molecule has 0 heterocycles. The third-order valence-electron chi connectivity index (χ3n) is 3.69. The van der Waals surface area contributed by atoms with Crippen molar-refractivity contribution in [3.8, 4) is 0 Å². The lowest BCUT2D eigenvalue weighted by Gasteiger charge is -2.34. The molecule has 0 atom stereocenters. The fourth-order valence-corrected chi connectivity index (χ4v) is 2.41. The Labute approximate surface area is 97.8 Å². The molecule has 0 radical (unpaired) electrons. The summed E-state index contributed by atoms with van der Waals surface area (Å²) in [6.07, 6.45) is 6.04. The topological polar surface area (TPSA) is 29.3 Å². The summed E-state index contributed by atoms with van der Waals surface area (Å²) in [5, 5.41) is 0. The predicted molar refractivity (Wildman–Crippen MR) is 63.2 cm³/mol. The van der Waals surface area contributed by atoms with Crippen LogP contribution in [-0.4, -0.2) is 36.2 Å². The third kappa shape index (κ3) is 3.58. The Kier molecular flexibility index (Phi) is 4.38. The van der Waals surface area contributed by atoms with Gasteiger partial charge in [-0.05, 0) is 45.6 Å². The first-order valence-electron chi connectivity index (χ1n) is 5.74. The maximum atomic E-state index is 13.5. The molecule has 0 unspecified atom stereocenters. The Balaban J connectivity index is 0.00000112.